The molecule has 4 heteroatoms. The van der Waals surface area contributed by atoms with Gasteiger partial charge in [-0.2, -0.15) is 0 Å². The maximum Gasteiger partial charge on any atom is 0.233 e. The monoisotopic (exact) mass is 257 g/mol. The maximum atomic E-state index is 11.7. The first-order valence-corrected chi connectivity index (χ1v) is 6.63. The highest BCUT2D eigenvalue weighted by Gasteiger charge is 2.16. The second-order valence-corrected chi connectivity index (χ2v) is 5.08. The quantitative estimate of drug-likeness (QED) is 0.820. The number of benzene rings is 1. The molecule has 2 nitrogen and oxygen atoms in total. The fourth-order valence-corrected chi connectivity index (χ4v) is 2.39. The molecule has 0 heterocycles. The van der Waals surface area contributed by atoms with Gasteiger partial charge in [-0.15, -0.1) is 11.8 Å². The van der Waals surface area contributed by atoms with E-state index < -0.39 is 0 Å². The molecular formula is C12H16ClNOS. The first-order chi connectivity index (χ1) is 7.67. The normalized spacial score (nSPS) is 12.2. The minimum Gasteiger partial charge on any atom is -0.355 e. The number of rotatable bonds is 5. The zero-order chi connectivity index (χ0) is 12.0. The van der Waals surface area contributed by atoms with Crippen molar-refractivity contribution in [1.82, 2.24) is 5.32 Å². The molecule has 1 N–H and O–H groups in total. The van der Waals surface area contributed by atoms with Gasteiger partial charge in [-0.05, 0) is 37.6 Å². The Morgan fingerprint density at radius 2 is 2.00 bits per heavy atom. The lowest BCUT2D eigenvalue weighted by atomic mass is 10.3. The van der Waals surface area contributed by atoms with Gasteiger partial charge in [0.25, 0.3) is 0 Å². The molecule has 0 aliphatic heterocycles. The van der Waals surface area contributed by atoms with Crippen LogP contribution >= 0.6 is 23.4 Å². The van der Waals surface area contributed by atoms with Crippen molar-refractivity contribution in [3.05, 3.63) is 29.3 Å². The van der Waals surface area contributed by atoms with Gasteiger partial charge in [0.15, 0.2) is 0 Å². The summed E-state index contributed by atoms with van der Waals surface area (Å²) < 4.78 is 0. The van der Waals surface area contributed by atoms with Crippen molar-refractivity contribution in [2.24, 2.45) is 0 Å². The molecule has 1 amide bonds. The van der Waals surface area contributed by atoms with E-state index in [1.807, 2.05) is 38.1 Å². The van der Waals surface area contributed by atoms with Crippen LogP contribution in [0.1, 0.15) is 20.3 Å². The molecule has 1 aromatic carbocycles. The van der Waals surface area contributed by atoms with E-state index in [0.717, 1.165) is 16.3 Å². The number of hydrogen-bond acceptors (Lipinski definition) is 2. The van der Waals surface area contributed by atoms with Crippen LogP contribution in [-0.4, -0.2) is 17.7 Å². The number of carbonyl (C=O) groups excluding carboxylic acids is 1. The van der Waals surface area contributed by atoms with Gasteiger partial charge in [-0.25, -0.2) is 0 Å². The molecule has 0 aliphatic rings. The zero-order valence-corrected chi connectivity index (χ0v) is 11.1. The van der Waals surface area contributed by atoms with Crippen molar-refractivity contribution in [2.75, 3.05) is 6.54 Å². The van der Waals surface area contributed by atoms with E-state index in [4.69, 9.17) is 11.6 Å². The minimum absolute atomic E-state index is 0.0267. The average Bonchev–Trinajstić information content (AvgIpc) is 2.28. The van der Waals surface area contributed by atoms with Gasteiger partial charge in [0, 0.05) is 16.5 Å². The highest BCUT2D eigenvalue weighted by atomic mass is 35.5. The molecule has 0 unspecified atom stereocenters. The lowest BCUT2D eigenvalue weighted by molar-refractivity contribution is -0.120. The van der Waals surface area contributed by atoms with E-state index >= 15 is 0 Å². The average molecular weight is 258 g/mol. The summed E-state index contributed by atoms with van der Waals surface area (Å²) in [4.78, 5) is 12.8. The molecule has 0 bridgehead atoms. The molecule has 0 saturated heterocycles. The topological polar surface area (TPSA) is 29.1 Å². The van der Waals surface area contributed by atoms with Crippen LogP contribution in [-0.2, 0) is 4.79 Å². The summed E-state index contributed by atoms with van der Waals surface area (Å²) in [5.41, 5.74) is 0. The third-order valence-electron chi connectivity index (χ3n) is 2.11. The Balaban J connectivity index is 2.62. The Bertz CT molecular complexity index is 339. The lowest BCUT2D eigenvalue weighted by Gasteiger charge is -2.13. The maximum absolute atomic E-state index is 11.7. The highest BCUT2D eigenvalue weighted by Crippen LogP contribution is 2.26. The highest BCUT2D eigenvalue weighted by molar-refractivity contribution is 8.00. The fraction of sp³-hybridized carbons (Fsp3) is 0.417. The van der Waals surface area contributed by atoms with Gasteiger partial charge >= 0.3 is 0 Å². The van der Waals surface area contributed by atoms with E-state index in [9.17, 15) is 4.79 Å². The third-order valence-corrected chi connectivity index (χ3v) is 3.73. The zero-order valence-electron chi connectivity index (χ0n) is 9.50. The van der Waals surface area contributed by atoms with E-state index in [1.54, 1.807) is 11.8 Å². The predicted octanol–water partition coefficient (Wildman–Crippen LogP) is 3.35. The molecule has 1 aromatic rings. The number of carbonyl (C=O) groups is 1. The fourth-order valence-electron chi connectivity index (χ4n) is 1.29. The van der Waals surface area contributed by atoms with Crippen molar-refractivity contribution in [3.63, 3.8) is 0 Å². The van der Waals surface area contributed by atoms with Crippen LogP contribution in [0.3, 0.4) is 0 Å². The summed E-state index contributed by atoms with van der Waals surface area (Å²) in [6.45, 7) is 4.62. The largest absolute Gasteiger partial charge is 0.355 e. The molecule has 1 atom stereocenters. The molecule has 0 aromatic heterocycles. The molecule has 0 radical (unpaired) electrons. The van der Waals surface area contributed by atoms with Gasteiger partial charge in [0.05, 0.1) is 5.25 Å². The predicted molar refractivity (Wildman–Crippen MR) is 70.1 cm³/mol. The van der Waals surface area contributed by atoms with Gasteiger partial charge < -0.3 is 5.32 Å². The molecule has 1 rings (SSSR count). The van der Waals surface area contributed by atoms with Crippen molar-refractivity contribution < 1.29 is 4.79 Å². The van der Waals surface area contributed by atoms with Crippen molar-refractivity contribution in [2.45, 2.75) is 30.4 Å². The van der Waals surface area contributed by atoms with Crippen LogP contribution in [0.2, 0.25) is 5.02 Å². The van der Waals surface area contributed by atoms with E-state index in [0.29, 0.717) is 6.54 Å². The van der Waals surface area contributed by atoms with Crippen molar-refractivity contribution in [3.8, 4) is 0 Å². The summed E-state index contributed by atoms with van der Waals surface area (Å²) in [5.74, 6) is 0.102. The summed E-state index contributed by atoms with van der Waals surface area (Å²) >= 11 is 7.38. The first kappa shape index (κ1) is 13.4. The second-order valence-electron chi connectivity index (χ2n) is 3.36. The Labute approximate surface area is 106 Å². The van der Waals surface area contributed by atoms with Crippen LogP contribution < -0.4 is 5.32 Å². The van der Waals surface area contributed by atoms with Crippen LogP contribution in [0, 0.1) is 0 Å². The molecule has 0 aliphatic carbocycles. The van der Waals surface area contributed by atoms with Crippen molar-refractivity contribution in [1.29, 1.82) is 0 Å². The van der Waals surface area contributed by atoms with Crippen LogP contribution in [0.15, 0.2) is 29.2 Å². The smallest absolute Gasteiger partial charge is 0.233 e. The number of thioether (sulfide) groups is 1. The molecule has 16 heavy (non-hydrogen) atoms. The van der Waals surface area contributed by atoms with Gasteiger partial charge in [-0.1, -0.05) is 18.5 Å². The molecular weight excluding hydrogens is 242 g/mol. The number of hydrogen-bond donors (Lipinski definition) is 1. The minimum atomic E-state index is -0.0267. The molecule has 0 saturated carbocycles. The summed E-state index contributed by atoms with van der Waals surface area (Å²) in [6, 6.07) is 7.56. The Morgan fingerprint density at radius 3 is 2.50 bits per heavy atom. The van der Waals surface area contributed by atoms with E-state index in [1.165, 1.54) is 0 Å². The van der Waals surface area contributed by atoms with E-state index in [2.05, 4.69) is 5.32 Å². The molecule has 88 valence electrons. The summed E-state index contributed by atoms with van der Waals surface area (Å²) in [5, 5.41) is 3.53. The molecule has 0 fully saturated rings. The first-order valence-electron chi connectivity index (χ1n) is 5.37. The summed E-state index contributed by atoms with van der Waals surface area (Å²) in [7, 11) is 0. The van der Waals surface area contributed by atoms with E-state index in [-0.39, 0.29) is 11.2 Å². The number of nitrogens with one attached hydrogen (secondary N) is 1. The van der Waals surface area contributed by atoms with Crippen molar-refractivity contribution >= 4 is 29.3 Å². The number of amides is 1. The third kappa shape index (κ3) is 4.06. The van der Waals surface area contributed by atoms with Gasteiger partial charge in [0.2, 0.25) is 5.91 Å². The lowest BCUT2D eigenvalue weighted by Crippen LogP contribution is -2.31. The molecule has 0 spiro atoms. The van der Waals surface area contributed by atoms with Gasteiger partial charge in [-0.3, -0.25) is 4.79 Å². The second kappa shape index (κ2) is 6.81. The summed E-state index contributed by atoms with van der Waals surface area (Å²) in [6.07, 6.45) is 0.819. The van der Waals surface area contributed by atoms with Crippen LogP contribution in [0.4, 0.5) is 0 Å². The Kier molecular flexibility index (Phi) is 5.71. The SMILES string of the molecule is CCNC(=O)[C@H](CC)Sc1ccc(Cl)cc1. The Morgan fingerprint density at radius 1 is 1.38 bits per heavy atom. The standard InChI is InChI=1S/C12H16ClNOS/c1-3-11(12(15)14-4-2)16-10-7-5-9(13)6-8-10/h5-8,11H,3-4H2,1-2H3,(H,14,15)/t11-/m0/s1. The number of halogens is 1. The van der Waals surface area contributed by atoms with Crippen LogP contribution in [0.5, 0.6) is 0 Å². The Hall–Kier alpha value is -0.670. The van der Waals surface area contributed by atoms with Gasteiger partial charge in [0.1, 0.15) is 0 Å². The van der Waals surface area contributed by atoms with Crippen LogP contribution in [0.25, 0.3) is 0 Å².